The predicted molar refractivity (Wildman–Crippen MR) is 59.6 cm³/mol. The van der Waals surface area contributed by atoms with Gasteiger partial charge in [0.2, 0.25) is 0 Å². The molecule has 1 N–H and O–H groups in total. The van der Waals surface area contributed by atoms with E-state index < -0.39 is 11.6 Å². The number of aromatic hydroxyl groups is 1. The van der Waals surface area contributed by atoms with Gasteiger partial charge in [0.25, 0.3) is 0 Å². The number of esters is 1. The maximum Gasteiger partial charge on any atom is 0.336 e. The summed E-state index contributed by atoms with van der Waals surface area (Å²) in [5, 5.41) is 9.91. The van der Waals surface area contributed by atoms with E-state index in [-0.39, 0.29) is 17.9 Å². The van der Waals surface area contributed by atoms with Crippen molar-refractivity contribution in [3.05, 3.63) is 40.2 Å². The van der Waals surface area contributed by atoms with Crippen LogP contribution in [0.3, 0.4) is 0 Å². The smallest absolute Gasteiger partial charge is 0.336 e. The Morgan fingerprint density at radius 3 is 2.88 bits per heavy atom. The van der Waals surface area contributed by atoms with Crippen molar-refractivity contribution in [1.82, 2.24) is 0 Å². The highest BCUT2D eigenvalue weighted by Crippen LogP contribution is 2.22. The number of ether oxygens (including phenoxy) is 1. The average molecular weight is 234 g/mol. The second kappa shape index (κ2) is 4.29. The molecule has 0 unspecified atom stereocenters. The average Bonchev–Trinajstić information content (AvgIpc) is 2.24. The maximum absolute atomic E-state index is 11.3. The predicted octanol–water partition coefficient (Wildman–Crippen LogP) is 1.56. The normalized spacial score (nSPS) is 10.4. The first kappa shape index (κ1) is 11.2. The second-order valence-corrected chi connectivity index (χ2v) is 3.55. The van der Waals surface area contributed by atoms with Crippen molar-refractivity contribution in [3.8, 4) is 5.75 Å². The van der Waals surface area contributed by atoms with Gasteiger partial charge in [0.05, 0.1) is 0 Å². The van der Waals surface area contributed by atoms with E-state index >= 15 is 0 Å². The fraction of sp³-hybridized carbons (Fsp3) is 0.167. The summed E-state index contributed by atoms with van der Waals surface area (Å²) in [6, 6.07) is 5.68. The molecule has 0 bridgehead atoms. The quantitative estimate of drug-likeness (QED) is 0.630. The molecule has 0 aliphatic carbocycles. The zero-order valence-electron chi connectivity index (χ0n) is 9.10. The van der Waals surface area contributed by atoms with Crippen LogP contribution in [0.5, 0.6) is 5.75 Å². The van der Waals surface area contributed by atoms with Gasteiger partial charge in [-0.15, -0.1) is 0 Å². The minimum atomic E-state index is -0.551. The Balaban J connectivity index is 2.53. The van der Waals surface area contributed by atoms with Crippen LogP contribution in [0.1, 0.15) is 12.5 Å². The lowest BCUT2D eigenvalue weighted by Gasteiger charge is -2.05. The Bertz CT molecular complexity index is 626. The standard InChI is InChI=1S/C12H10O5/c1-7(13)16-6-8-4-12(15)17-11-5-9(14)2-3-10(8)11/h2-5,14H,6H2,1H3. The minimum Gasteiger partial charge on any atom is -0.508 e. The van der Waals surface area contributed by atoms with Gasteiger partial charge in [0.15, 0.2) is 0 Å². The molecule has 0 atom stereocenters. The van der Waals surface area contributed by atoms with E-state index in [0.29, 0.717) is 10.9 Å². The fourth-order valence-corrected chi connectivity index (χ4v) is 1.52. The minimum absolute atomic E-state index is 0.00219. The summed E-state index contributed by atoms with van der Waals surface area (Å²) < 4.78 is 9.77. The van der Waals surface area contributed by atoms with Crippen LogP contribution in [0.25, 0.3) is 11.0 Å². The van der Waals surface area contributed by atoms with Crippen LogP contribution in [0.2, 0.25) is 0 Å². The van der Waals surface area contributed by atoms with Crippen LogP contribution in [-0.4, -0.2) is 11.1 Å². The van der Waals surface area contributed by atoms with Crippen molar-refractivity contribution in [1.29, 1.82) is 0 Å². The number of phenolic OH excluding ortho intramolecular Hbond substituents is 1. The molecule has 0 fully saturated rings. The molecule has 0 spiro atoms. The third kappa shape index (κ3) is 2.44. The number of carbonyl (C=O) groups is 1. The van der Waals surface area contributed by atoms with Crippen molar-refractivity contribution < 1.29 is 19.1 Å². The molecule has 0 amide bonds. The van der Waals surface area contributed by atoms with E-state index in [1.165, 1.54) is 25.1 Å². The first-order valence-electron chi connectivity index (χ1n) is 4.95. The molecule has 5 nitrogen and oxygen atoms in total. The molecule has 0 radical (unpaired) electrons. The van der Waals surface area contributed by atoms with Crippen molar-refractivity contribution in [2.24, 2.45) is 0 Å². The first-order chi connectivity index (χ1) is 8.06. The molecule has 0 aliphatic heterocycles. The van der Waals surface area contributed by atoms with Crippen LogP contribution >= 0.6 is 0 Å². The van der Waals surface area contributed by atoms with Crippen molar-refractivity contribution in [3.63, 3.8) is 0 Å². The summed E-state index contributed by atoms with van der Waals surface area (Å²) in [4.78, 5) is 22.0. The number of benzene rings is 1. The monoisotopic (exact) mass is 234 g/mol. The lowest BCUT2D eigenvalue weighted by molar-refractivity contribution is -0.142. The maximum atomic E-state index is 11.3. The number of fused-ring (bicyclic) bond motifs is 1. The first-order valence-corrected chi connectivity index (χ1v) is 4.95. The Kier molecular flexibility index (Phi) is 2.82. The molecule has 0 aliphatic rings. The molecule has 2 rings (SSSR count). The number of hydrogen-bond acceptors (Lipinski definition) is 5. The molecular weight excluding hydrogens is 224 g/mol. The van der Waals surface area contributed by atoms with Crippen LogP contribution in [0.4, 0.5) is 0 Å². The molecular formula is C12H10O5. The lowest BCUT2D eigenvalue weighted by atomic mass is 10.1. The van der Waals surface area contributed by atoms with E-state index in [4.69, 9.17) is 9.15 Å². The van der Waals surface area contributed by atoms with Crippen LogP contribution in [-0.2, 0) is 16.1 Å². The zero-order valence-corrected chi connectivity index (χ0v) is 9.10. The summed E-state index contributed by atoms with van der Waals surface area (Å²) in [7, 11) is 0. The molecule has 5 heteroatoms. The largest absolute Gasteiger partial charge is 0.508 e. The number of phenols is 1. The van der Waals surface area contributed by atoms with Gasteiger partial charge in [-0.2, -0.15) is 0 Å². The second-order valence-electron chi connectivity index (χ2n) is 3.55. The molecule has 2 aromatic rings. The highest BCUT2D eigenvalue weighted by Gasteiger charge is 2.07. The van der Waals surface area contributed by atoms with E-state index in [2.05, 4.69) is 0 Å². The van der Waals surface area contributed by atoms with Crippen LogP contribution < -0.4 is 5.63 Å². The van der Waals surface area contributed by atoms with Gasteiger partial charge in [0.1, 0.15) is 17.9 Å². The third-order valence-corrected chi connectivity index (χ3v) is 2.24. The molecule has 0 saturated carbocycles. The third-order valence-electron chi connectivity index (χ3n) is 2.24. The van der Waals surface area contributed by atoms with Crippen molar-refractivity contribution >= 4 is 16.9 Å². The molecule has 1 aromatic heterocycles. The van der Waals surface area contributed by atoms with Crippen LogP contribution in [0.15, 0.2) is 33.5 Å². The zero-order chi connectivity index (χ0) is 12.4. The highest BCUT2D eigenvalue weighted by molar-refractivity contribution is 5.81. The Morgan fingerprint density at radius 2 is 2.18 bits per heavy atom. The highest BCUT2D eigenvalue weighted by atomic mass is 16.5. The summed E-state index contributed by atoms with van der Waals surface area (Å²) >= 11 is 0. The topological polar surface area (TPSA) is 76.7 Å². The van der Waals surface area contributed by atoms with Gasteiger partial charge in [-0.25, -0.2) is 4.79 Å². The summed E-state index contributed by atoms with van der Waals surface area (Å²) in [6.45, 7) is 1.29. The van der Waals surface area contributed by atoms with E-state index in [1.54, 1.807) is 6.07 Å². The van der Waals surface area contributed by atoms with Gasteiger partial charge in [-0.05, 0) is 12.1 Å². The van der Waals surface area contributed by atoms with Gasteiger partial charge >= 0.3 is 11.6 Å². The van der Waals surface area contributed by atoms with Gasteiger partial charge < -0.3 is 14.3 Å². The fourth-order valence-electron chi connectivity index (χ4n) is 1.52. The van der Waals surface area contributed by atoms with Gasteiger partial charge in [-0.3, -0.25) is 4.79 Å². The van der Waals surface area contributed by atoms with Crippen LogP contribution in [0, 0.1) is 0 Å². The Morgan fingerprint density at radius 1 is 1.41 bits per heavy atom. The van der Waals surface area contributed by atoms with E-state index in [9.17, 15) is 14.7 Å². The van der Waals surface area contributed by atoms with E-state index in [1.807, 2.05) is 0 Å². The summed E-state index contributed by atoms with van der Waals surface area (Å²) in [5.41, 5.74) is 0.261. The molecule has 88 valence electrons. The van der Waals surface area contributed by atoms with Gasteiger partial charge in [0, 0.05) is 30.0 Å². The number of rotatable bonds is 2. The molecule has 1 aromatic carbocycles. The SMILES string of the molecule is CC(=O)OCc1cc(=O)oc2cc(O)ccc12. The molecule has 17 heavy (non-hydrogen) atoms. The number of hydrogen-bond donors (Lipinski definition) is 1. The Labute approximate surface area is 96.2 Å². The molecule has 0 saturated heterocycles. The summed E-state index contributed by atoms with van der Waals surface area (Å²) in [6.07, 6.45) is 0. The molecule has 1 heterocycles. The number of carbonyl (C=O) groups excluding carboxylic acids is 1. The van der Waals surface area contributed by atoms with Crippen molar-refractivity contribution in [2.45, 2.75) is 13.5 Å². The Hall–Kier alpha value is -2.30. The lowest BCUT2D eigenvalue weighted by Crippen LogP contribution is -2.04. The van der Waals surface area contributed by atoms with Crippen molar-refractivity contribution in [2.75, 3.05) is 0 Å². The summed E-state index contributed by atoms with van der Waals surface area (Å²) in [5.74, 6) is -0.421. The van der Waals surface area contributed by atoms with E-state index in [0.717, 1.165) is 0 Å². The van der Waals surface area contributed by atoms with Gasteiger partial charge in [-0.1, -0.05) is 0 Å².